The van der Waals surface area contributed by atoms with Gasteiger partial charge >= 0.3 is 5.97 Å². The second-order valence-electron chi connectivity index (χ2n) is 4.67. The number of carboxylic acids is 1. The number of carbonyl (C=O) groups is 2. The Morgan fingerprint density at radius 3 is 2.47 bits per heavy atom. The summed E-state index contributed by atoms with van der Waals surface area (Å²) in [6.45, 7) is 6.80. The summed E-state index contributed by atoms with van der Waals surface area (Å²) in [4.78, 5) is 26.3. The van der Waals surface area contributed by atoms with Crippen molar-refractivity contribution in [2.24, 2.45) is 0 Å². The van der Waals surface area contributed by atoms with Gasteiger partial charge in [0.15, 0.2) is 0 Å². The number of ether oxygens (including phenoxy) is 1. The molecule has 6 heteroatoms. The second kappa shape index (κ2) is 8.87. The third-order valence-electron chi connectivity index (χ3n) is 3.32. The number of hydrogen-bond donors (Lipinski definition) is 1. The molecule has 19 heavy (non-hydrogen) atoms. The molecule has 0 aromatic heterocycles. The number of carbonyl (C=O) groups excluding carboxylic acids is 1. The standard InChI is InChI=1S/C13H24N2O4/c1-2-14(7-5-13(17)18)6-3-4-12(16)15-8-10-19-11-9-15/h2-11H2,1H3,(H,17,18). The molecule has 6 nitrogen and oxygen atoms in total. The predicted molar refractivity (Wildman–Crippen MR) is 71.0 cm³/mol. The zero-order valence-corrected chi connectivity index (χ0v) is 11.6. The first-order chi connectivity index (χ1) is 9.13. The van der Waals surface area contributed by atoms with Gasteiger partial charge in [-0.05, 0) is 19.5 Å². The first kappa shape index (κ1) is 15.9. The Balaban J connectivity index is 2.16. The van der Waals surface area contributed by atoms with E-state index in [2.05, 4.69) is 4.90 Å². The predicted octanol–water partition coefficient (Wildman–Crippen LogP) is 0.422. The van der Waals surface area contributed by atoms with Crippen LogP contribution in [0.3, 0.4) is 0 Å². The van der Waals surface area contributed by atoms with Crippen molar-refractivity contribution in [2.45, 2.75) is 26.2 Å². The molecule has 0 radical (unpaired) electrons. The number of carboxylic acid groups (broad SMARTS) is 1. The van der Waals surface area contributed by atoms with Crippen molar-refractivity contribution in [3.05, 3.63) is 0 Å². The maximum absolute atomic E-state index is 11.9. The van der Waals surface area contributed by atoms with Gasteiger partial charge in [0.05, 0.1) is 19.6 Å². The van der Waals surface area contributed by atoms with Crippen LogP contribution in [-0.2, 0) is 14.3 Å². The van der Waals surface area contributed by atoms with Crippen molar-refractivity contribution in [3.63, 3.8) is 0 Å². The maximum Gasteiger partial charge on any atom is 0.304 e. The fourth-order valence-electron chi connectivity index (χ4n) is 2.11. The fourth-order valence-corrected chi connectivity index (χ4v) is 2.11. The summed E-state index contributed by atoms with van der Waals surface area (Å²) in [5, 5.41) is 8.64. The van der Waals surface area contributed by atoms with Crippen molar-refractivity contribution < 1.29 is 19.4 Å². The van der Waals surface area contributed by atoms with Gasteiger partial charge in [0.1, 0.15) is 0 Å². The topological polar surface area (TPSA) is 70.1 Å². The lowest BCUT2D eigenvalue weighted by Crippen LogP contribution is -2.40. The van der Waals surface area contributed by atoms with Crippen LogP contribution in [0.15, 0.2) is 0 Å². The Bertz CT molecular complexity index is 290. The Morgan fingerprint density at radius 1 is 1.21 bits per heavy atom. The van der Waals surface area contributed by atoms with Gasteiger partial charge < -0.3 is 19.6 Å². The molecule has 0 aromatic carbocycles. The summed E-state index contributed by atoms with van der Waals surface area (Å²) in [6, 6.07) is 0. The van der Waals surface area contributed by atoms with Crippen LogP contribution in [0.25, 0.3) is 0 Å². The van der Waals surface area contributed by atoms with Crippen molar-refractivity contribution in [1.82, 2.24) is 9.80 Å². The van der Waals surface area contributed by atoms with Crippen LogP contribution in [0.1, 0.15) is 26.2 Å². The lowest BCUT2D eigenvalue weighted by atomic mass is 10.2. The van der Waals surface area contributed by atoms with E-state index in [-0.39, 0.29) is 12.3 Å². The van der Waals surface area contributed by atoms with E-state index in [9.17, 15) is 9.59 Å². The van der Waals surface area contributed by atoms with Gasteiger partial charge in [-0.15, -0.1) is 0 Å². The van der Waals surface area contributed by atoms with Gasteiger partial charge in [-0.2, -0.15) is 0 Å². The van der Waals surface area contributed by atoms with E-state index in [1.165, 1.54) is 0 Å². The summed E-state index contributed by atoms with van der Waals surface area (Å²) in [5.41, 5.74) is 0. The third kappa shape index (κ3) is 6.54. The summed E-state index contributed by atoms with van der Waals surface area (Å²) in [7, 11) is 0. The molecule has 0 spiro atoms. The Morgan fingerprint density at radius 2 is 1.89 bits per heavy atom. The van der Waals surface area contributed by atoms with Gasteiger partial charge in [-0.1, -0.05) is 6.92 Å². The number of nitrogens with zero attached hydrogens (tertiary/aromatic N) is 2. The Kier molecular flexibility index (Phi) is 7.43. The third-order valence-corrected chi connectivity index (χ3v) is 3.32. The van der Waals surface area contributed by atoms with E-state index >= 15 is 0 Å². The van der Waals surface area contributed by atoms with Crippen LogP contribution < -0.4 is 0 Å². The smallest absolute Gasteiger partial charge is 0.304 e. The quantitative estimate of drug-likeness (QED) is 0.693. The van der Waals surface area contributed by atoms with Gasteiger partial charge in [-0.25, -0.2) is 0 Å². The van der Waals surface area contributed by atoms with E-state index < -0.39 is 5.97 Å². The SMILES string of the molecule is CCN(CCCC(=O)N1CCOCC1)CCC(=O)O. The molecule has 0 bridgehead atoms. The van der Waals surface area contributed by atoms with Gasteiger partial charge in [-0.3, -0.25) is 9.59 Å². The highest BCUT2D eigenvalue weighted by atomic mass is 16.5. The second-order valence-corrected chi connectivity index (χ2v) is 4.67. The molecule has 0 aliphatic carbocycles. The zero-order valence-electron chi connectivity index (χ0n) is 11.6. The number of rotatable bonds is 8. The number of hydrogen-bond acceptors (Lipinski definition) is 4. The minimum absolute atomic E-state index is 0.158. The van der Waals surface area contributed by atoms with Crippen LogP contribution >= 0.6 is 0 Å². The van der Waals surface area contributed by atoms with Gasteiger partial charge in [0.2, 0.25) is 5.91 Å². The van der Waals surface area contributed by atoms with E-state index in [4.69, 9.17) is 9.84 Å². The van der Waals surface area contributed by atoms with E-state index in [1.807, 2.05) is 11.8 Å². The fraction of sp³-hybridized carbons (Fsp3) is 0.846. The Hall–Kier alpha value is -1.14. The summed E-state index contributed by atoms with van der Waals surface area (Å²) < 4.78 is 5.21. The molecule has 0 unspecified atom stereocenters. The first-order valence-electron chi connectivity index (χ1n) is 6.93. The first-order valence-corrected chi connectivity index (χ1v) is 6.93. The molecule has 1 fully saturated rings. The average molecular weight is 272 g/mol. The van der Waals surface area contributed by atoms with E-state index in [0.717, 1.165) is 19.5 Å². The summed E-state index contributed by atoms with van der Waals surface area (Å²) >= 11 is 0. The molecule has 1 aliphatic heterocycles. The molecule has 1 aliphatic rings. The molecule has 1 saturated heterocycles. The van der Waals surface area contributed by atoms with Gasteiger partial charge in [0, 0.05) is 26.1 Å². The summed E-state index contributed by atoms with van der Waals surface area (Å²) in [5.74, 6) is -0.597. The average Bonchev–Trinajstić information content (AvgIpc) is 2.43. The lowest BCUT2D eigenvalue weighted by molar-refractivity contribution is -0.138. The van der Waals surface area contributed by atoms with E-state index in [1.54, 1.807) is 0 Å². The highest BCUT2D eigenvalue weighted by Crippen LogP contribution is 2.04. The molecule has 1 amide bonds. The molecule has 110 valence electrons. The summed E-state index contributed by atoms with van der Waals surface area (Å²) in [6.07, 6.45) is 1.47. The van der Waals surface area contributed by atoms with Crippen LogP contribution in [-0.4, -0.2) is 72.7 Å². The molecule has 0 aromatic rings. The molecule has 0 saturated carbocycles. The molecular weight excluding hydrogens is 248 g/mol. The van der Waals surface area contributed by atoms with Crippen LogP contribution in [0.5, 0.6) is 0 Å². The maximum atomic E-state index is 11.9. The molecule has 0 atom stereocenters. The highest BCUT2D eigenvalue weighted by Gasteiger charge is 2.16. The zero-order chi connectivity index (χ0) is 14.1. The van der Waals surface area contributed by atoms with Crippen molar-refractivity contribution in [2.75, 3.05) is 45.9 Å². The minimum atomic E-state index is -0.775. The van der Waals surface area contributed by atoms with Crippen molar-refractivity contribution in [1.29, 1.82) is 0 Å². The molecular formula is C13H24N2O4. The van der Waals surface area contributed by atoms with E-state index in [0.29, 0.717) is 39.3 Å². The molecule has 1 heterocycles. The van der Waals surface area contributed by atoms with Crippen molar-refractivity contribution >= 4 is 11.9 Å². The molecule has 1 N–H and O–H groups in total. The minimum Gasteiger partial charge on any atom is -0.481 e. The monoisotopic (exact) mass is 272 g/mol. The largest absolute Gasteiger partial charge is 0.481 e. The Labute approximate surface area is 114 Å². The normalized spacial score (nSPS) is 15.8. The van der Waals surface area contributed by atoms with Gasteiger partial charge in [0.25, 0.3) is 0 Å². The van der Waals surface area contributed by atoms with Crippen LogP contribution in [0, 0.1) is 0 Å². The molecule has 1 rings (SSSR count). The highest BCUT2D eigenvalue weighted by molar-refractivity contribution is 5.76. The van der Waals surface area contributed by atoms with Crippen LogP contribution in [0.4, 0.5) is 0 Å². The van der Waals surface area contributed by atoms with Crippen LogP contribution in [0.2, 0.25) is 0 Å². The number of amides is 1. The number of aliphatic carboxylic acids is 1. The van der Waals surface area contributed by atoms with Crippen molar-refractivity contribution in [3.8, 4) is 0 Å². The lowest BCUT2D eigenvalue weighted by Gasteiger charge is -2.27. The number of morpholine rings is 1.